The summed E-state index contributed by atoms with van der Waals surface area (Å²) < 4.78 is 0. The molecule has 22 heavy (non-hydrogen) atoms. The van der Waals surface area contributed by atoms with E-state index in [4.69, 9.17) is 5.73 Å². The van der Waals surface area contributed by atoms with Crippen LogP contribution in [0.3, 0.4) is 0 Å². The fourth-order valence-corrected chi connectivity index (χ4v) is 3.63. The number of carbonyl (C=O) groups is 1. The standard InChI is InChI=1S/C16H19N3OS.ClH/c17-13-8-4-7-12(13)9-15(20)19-16-18-10-14(21-16)11-5-2-1-3-6-11;/h1-3,5-6,10,12-13H,4,7-9,17H2,(H,18,19,20);1H/t12-,13+;/m0./s1. The highest BCUT2D eigenvalue weighted by Gasteiger charge is 2.26. The molecule has 1 aromatic heterocycles. The number of aromatic nitrogens is 1. The molecule has 0 aliphatic heterocycles. The molecule has 0 saturated heterocycles. The van der Waals surface area contributed by atoms with Crippen LogP contribution in [0.15, 0.2) is 36.5 Å². The van der Waals surface area contributed by atoms with Gasteiger partial charge in [-0.2, -0.15) is 0 Å². The molecule has 1 amide bonds. The molecule has 6 heteroatoms. The van der Waals surface area contributed by atoms with Crippen LogP contribution in [0.5, 0.6) is 0 Å². The van der Waals surface area contributed by atoms with Gasteiger partial charge in [0.05, 0.1) is 4.88 Å². The van der Waals surface area contributed by atoms with Crippen LogP contribution in [-0.4, -0.2) is 16.9 Å². The summed E-state index contributed by atoms with van der Waals surface area (Å²) in [6, 6.07) is 10.2. The van der Waals surface area contributed by atoms with Crippen molar-refractivity contribution in [3.63, 3.8) is 0 Å². The van der Waals surface area contributed by atoms with Gasteiger partial charge in [0.2, 0.25) is 5.91 Å². The number of nitrogens with one attached hydrogen (secondary N) is 1. The summed E-state index contributed by atoms with van der Waals surface area (Å²) in [6.45, 7) is 0. The number of rotatable bonds is 4. The maximum Gasteiger partial charge on any atom is 0.226 e. The lowest BCUT2D eigenvalue weighted by Crippen LogP contribution is -2.28. The molecule has 0 spiro atoms. The number of thiazole rings is 1. The summed E-state index contributed by atoms with van der Waals surface area (Å²) in [4.78, 5) is 17.4. The van der Waals surface area contributed by atoms with Crippen LogP contribution in [0.25, 0.3) is 10.4 Å². The summed E-state index contributed by atoms with van der Waals surface area (Å²) in [6.07, 6.45) is 5.53. The van der Waals surface area contributed by atoms with Crippen LogP contribution < -0.4 is 11.1 Å². The zero-order valence-corrected chi connectivity index (χ0v) is 13.8. The van der Waals surface area contributed by atoms with E-state index in [0.29, 0.717) is 17.5 Å². The minimum Gasteiger partial charge on any atom is -0.327 e. The van der Waals surface area contributed by atoms with Crippen molar-refractivity contribution in [3.8, 4) is 10.4 Å². The van der Waals surface area contributed by atoms with Crippen molar-refractivity contribution >= 4 is 34.8 Å². The Hall–Kier alpha value is -1.43. The molecule has 0 unspecified atom stereocenters. The molecule has 1 aliphatic carbocycles. The molecule has 1 fully saturated rings. The normalized spacial score (nSPS) is 20.4. The summed E-state index contributed by atoms with van der Waals surface area (Å²) in [5, 5.41) is 3.55. The highest BCUT2D eigenvalue weighted by molar-refractivity contribution is 7.19. The van der Waals surface area contributed by atoms with Crippen molar-refractivity contribution < 1.29 is 4.79 Å². The highest BCUT2D eigenvalue weighted by atomic mass is 35.5. The van der Waals surface area contributed by atoms with Gasteiger partial charge in [0.15, 0.2) is 5.13 Å². The second-order valence-corrected chi connectivity index (χ2v) is 6.53. The molecule has 4 nitrogen and oxygen atoms in total. The third-order valence-electron chi connectivity index (χ3n) is 3.98. The average Bonchev–Trinajstić information content (AvgIpc) is 3.10. The fourth-order valence-electron chi connectivity index (χ4n) is 2.80. The first-order valence-corrected chi connectivity index (χ1v) is 8.10. The number of carbonyl (C=O) groups excluding carboxylic acids is 1. The molecular weight excluding hydrogens is 318 g/mol. The molecule has 1 saturated carbocycles. The maximum absolute atomic E-state index is 12.1. The smallest absolute Gasteiger partial charge is 0.226 e. The van der Waals surface area contributed by atoms with Gasteiger partial charge in [-0.25, -0.2) is 4.98 Å². The van der Waals surface area contributed by atoms with Gasteiger partial charge in [-0.15, -0.1) is 12.4 Å². The van der Waals surface area contributed by atoms with E-state index in [9.17, 15) is 4.79 Å². The van der Waals surface area contributed by atoms with Crippen molar-refractivity contribution in [2.24, 2.45) is 11.7 Å². The second-order valence-electron chi connectivity index (χ2n) is 5.50. The Labute approximate surface area is 140 Å². The van der Waals surface area contributed by atoms with Crippen LogP contribution in [0.2, 0.25) is 0 Å². The summed E-state index contributed by atoms with van der Waals surface area (Å²) in [5.74, 6) is 0.338. The van der Waals surface area contributed by atoms with Gasteiger partial charge in [0.1, 0.15) is 0 Å². The van der Waals surface area contributed by atoms with Crippen molar-refractivity contribution in [1.29, 1.82) is 0 Å². The molecule has 2 aromatic rings. The minimum atomic E-state index is 0. The highest BCUT2D eigenvalue weighted by Crippen LogP contribution is 2.30. The molecular formula is C16H20ClN3OS. The summed E-state index contributed by atoms with van der Waals surface area (Å²) in [5.41, 5.74) is 7.13. The molecule has 2 atom stereocenters. The van der Waals surface area contributed by atoms with E-state index in [2.05, 4.69) is 10.3 Å². The Morgan fingerprint density at radius 2 is 2.09 bits per heavy atom. The zero-order chi connectivity index (χ0) is 14.7. The lowest BCUT2D eigenvalue weighted by molar-refractivity contribution is -0.117. The quantitative estimate of drug-likeness (QED) is 0.894. The number of anilines is 1. The third kappa shape index (κ3) is 4.06. The predicted octanol–water partition coefficient (Wildman–Crippen LogP) is 3.69. The van der Waals surface area contributed by atoms with E-state index in [1.54, 1.807) is 6.20 Å². The van der Waals surface area contributed by atoms with Gasteiger partial charge in [0.25, 0.3) is 0 Å². The van der Waals surface area contributed by atoms with Crippen molar-refractivity contribution in [2.45, 2.75) is 31.7 Å². The van der Waals surface area contributed by atoms with Crippen LogP contribution in [0, 0.1) is 5.92 Å². The summed E-state index contributed by atoms with van der Waals surface area (Å²) in [7, 11) is 0. The topological polar surface area (TPSA) is 68.0 Å². The summed E-state index contributed by atoms with van der Waals surface area (Å²) >= 11 is 1.50. The Bertz CT molecular complexity index is 617. The predicted molar refractivity (Wildman–Crippen MR) is 93.4 cm³/mol. The Kier molecular flexibility index (Phi) is 5.94. The van der Waals surface area contributed by atoms with Gasteiger partial charge < -0.3 is 11.1 Å². The lowest BCUT2D eigenvalue weighted by Gasteiger charge is -2.13. The number of hydrogen-bond acceptors (Lipinski definition) is 4. The van der Waals surface area contributed by atoms with E-state index < -0.39 is 0 Å². The molecule has 0 radical (unpaired) electrons. The molecule has 3 N–H and O–H groups in total. The van der Waals surface area contributed by atoms with Gasteiger partial charge in [0, 0.05) is 18.7 Å². The van der Waals surface area contributed by atoms with E-state index in [0.717, 1.165) is 29.7 Å². The molecule has 0 bridgehead atoms. The van der Waals surface area contributed by atoms with Gasteiger partial charge in [-0.1, -0.05) is 48.1 Å². The number of halogens is 1. The van der Waals surface area contributed by atoms with E-state index in [-0.39, 0.29) is 24.4 Å². The van der Waals surface area contributed by atoms with Gasteiger partial charge in [-0.3, -0.25) is 4.79 Å². The number of hydrogen-bond donors (Lipinski definition) is 2. The lowest BCUT2D eigenvalue weighted by atomic mass is 10.00. The monoisotopic (exact) mass is 337 g/mol. The van der Waals surface area contributed by atoms with Crippen LogP contribution in [0.1, 0.15) is 25.7 Å². The third-order valence-corrected chi connectivity index (χ3v) is 4.94. The van der Waals surface area contributed by atoms with E-state index >= 15 is 0 Å². The fraction of sp³-hybridized carbons (Fsp3) is 0.375. The van der Waals surface area contributed by atoms with Crippen LogP contribution in [0.4, 0.5) is 5.13 Å². The number of benzene rings is 1. The first kappa shape index (κ1) is 16.9. The first-order valence-electron chi connectivity index (χ1n) is 7.29. The van der Waals surface area contributed by atoms with Crippen LogP contribution >= 0.6 is 23.7 Å². The molecule has 118 valence electrons. The van der Waals surface area contributed by atoms with Crippen molar-refractivity contribution in [2.75, 3.05) is 5.32 Å². The number of nitrogens with two attached hydrogens (primary N) is 1. The molecule has 1 heterocycles. The van der Waals surface area contributed by atoms with E-state index in [1.165, 1.54) is 11.3 Å². The molecule has 1 aromatic carbocycles. The Morgan fingerprint density at radius 1 is 1.32 bits per heavy atom. The maximum atomic E-state index is 12.1. The number of amides is 1. The second kappa shape index (κ2) is 7.72. The first-order chi connectivity index (χ1) is 10.2. The Morgan fingerprint density at radius 3 is 2.77 bits per heavy atom. The minimum absolute atomic E-state index is 0. The Balaban J connectivity index is 0.00000176. The van der Waals surface area contributed by atoms with Crippen molar-refractivity contribution in [3.05, 3.63) is 36.5 Å². The van der Waals surface area contributed by atoms with Gasteiger partial charge >= 0.3 is 0 Å². The average molecular weight is 338 g/mol. The van der Waals surface area contributed by atoms with E-state index in [1.807, 2.05) is 30.3 Å². The largest absolute Gasteiger partial charge is 0.327 e. The molecule has 3 rings (SSSR count). The number of nitrogens with zero attached hydrogens (tertiary/aromatic N) is 1. The van der Waals surface area contributed by atoms with Gasteiger partial charge in [-0.05, 0) is 24.3 Å². The van der Waals surface area contributed by atoms with Crippen molar-refractivity contribution in [1.82, 2.24) is 4.98 Å². The SMILES string of the molecule is Cl.N[C@@H]1CCC[C@H]1CC(=O)Nc1ncc(-c2ccccc2)s1. The van der Waals surface area contributed by atoms with Crippen LogP contribution in [-0.2, 0) is 4.79 Å². The zero-order valence-electron chi connectivity index (χ0n) is 12.2. The molecule has 1 aliphatic rings.